The molecule has 8 nitrogen and oxygen atoms in total. The number of nitrogens with zero attached hydrogens (tertiary/aromatic N) is 4. The lowest BCUT2D eigenvalue weighted by Crippen LogP contribution is -2.34. The topological polar surface area (TPSA) is 91.0 Å². The minimum Gasteiger partial charge on any atom is -0.497 e. The van der Waals surface area contributed by atoms with E-state index < -0.39 is 6.04 Å². The Morgan fingerprint density at radius 1 is 1.09 bits per heavy atom. The quantitative estimate of drug-likeness (QED) is 0.471. The van der Waals surface area contributed by atoms with Crippen LogP contribution in [0.25, 0.3) is 10.8 Å². The number of carbonyl (C=O) groups excluding carboxylic acids is 1. The minimum absolute atomic E-state index is 0.201. The Kier molecular flexibility index (Phi) is 6.26. The van der Waals surface area contributed by atoms with E-state index in [9.17, 15) is 9.59 Å². The Balaban J connectivity index is 1.79. The molecule has 0 bridgehead atoms. The summed E-state index contributed by atoms with van der Waals surface area (Å²) in [6.07, 6.45) is 3.52. The molecular weight excluding hydrogens is 418 g/mol. The van der Waals surface area contributed by atoms with E-state index in [1.807, 2.05) is 55.9 Å². The number of rotatable bonds is 7. The Bertz CT molecular complexity index is 1340. The Morgan fingerprint density at radius 2 is 1.79 bits per heavy atom. The molecular formula is C25H27N5O3. The molecule has 0 fully saturated rings. The number of nitrogens with one attached hydrogen (secondary N) is 1. The van der Waals surface area contributed by atoms with Crippen LogP contribution in [0, 0.1) is 5.92 Å². The molecule has 0 aliphatic heterocycles. The first kappa shape index (κ1) is 22.3. The molecule has 0 aliphatic carbocycles. The van der Waals surface area contributed by atoms with Crippen molar-refractivity contribution in [3.05, 3.63) is 88.4 Å². The molecule has 0 saturated carbocycles. The second kappa shape index (κ2) is 9.28. The van der Waals surface area contributed by atoms with E-state index in [0.29, 0.717) is 23.1 Å². The Hall–Kier alpha value is -3.94. The summed E-state index contributed by atoms with van der Waals surface area (Å²) in [5.41, 5.74) is 0.850. The number of carbonyl (C=O) groups is 1. The van der Waals surface area contributed by atoms with Crippen molar-refractivity contribution >= 4 is 16.7 Å². The van der Waals surface area contributed by atoms with E-state index in [4.69, 9.17) is 4.74 Å². The smallest absolute Gasteiger partial charge is 0.274 e. The highest BCUT2D eigenvalue weighted by molar-refractivity contribution is 6.05. The summed E-state index contributed by atoms with van der Waals surface area (Å²) in [5.74, 6) is 1.21. The highest BCUT2D eigenvalue weighted by Crippen LogP contribution is 2.24. The van der Waals surface area contributed by atoms with Gasteiger partial charge in [-0.2, -0.15) is 5.10 Å². The fraction of sp³-hybridized carbons (Fsp3) is 0.280. The predicted octanol–water partition coefficient (Wildman–Crippen LogP) is 3.31. The maximum atomic E-state index is 13.6. The van der Waals surface area contributed by atoms with E-state index in [0.717, 1.165) is 11.3 Å². The van der Waals surface area contributed by atoms with Gasteiger partial charge in [0.2, 0.25) is 0 Å². The van der Waals surface area contributed by atoms with Crippen molar-refractivity contribution in [2.45, 2.75) is 26.4 Å². The summed E-state index contributed by atoms with van der Waals surface area (Å²) < 4.78 is 8.51. The van der Waals surface area contributed by atoms with Gasteiger partial charge in [0.05, 0.1) is 12.5 Å². The van der Waals surface area contributed by atoms with Crippen LogP contribution in [0.15, 0.2) is 65.7 Å². The van der Waals surface area contributed by atoms with Crippen LogP contribution >= 0.6 is 0 Å². The van der Waals surface area contributed by atoms with Gasteiger partial charge in [0.1, 0.15) is 17.6 Å². The summed E-state index contributed by atoms with van der Waals surface area (Å²) in [4.78, 5) is 30.9. The fourth-order valence-electron chi connectivity index (χ4n) is 3.82. The molecule has 4 aromatic rings. The largest absolute Gasteiger partial charge is 0.497 e. The average Bonchev–Trinajstić information content (AvgIpc) is 3.24. The first-order valence-corrected chi connectivity index (χ1v) is 10.8. The number of ether oxygens (including phenoxy) is 1. The molecule has 1 amide bonds. The van der Waals surface area contributed by atoms with Crippen LogP contribution in [0.5, 0.6) is 5.75 Å². The molecule has 170 valence electrons. The highest BCUT2D eigenvalue weighted by atomic mass is 16.5. The van der Waals surface area contributed by atoms with Crippen LogP contribution in [0.2, 0.25) is 0 Å². The van der Waals surface area contributed by atoms with Crippen LogP contribution < -0.4 is 15.6 Å². The fourth-order valence-corrected chi connectivity index (χ4v) is 3.82. The van der Waals surface area contributed by atoms with Crippen LogP contribution in [-0.2, 0) is 13.6 Å². The summed E-state index contributed by atoms with van der Waals surface area (Å²) in [6, 6.07) is 14.0. The molecule has 0 radical (unpaired) electrons. The van der Waals surface area contributed by atoms with Crippen molar-refractivity contribution in [3.63, 3.8) is 0 Å². The number of hydrogen-bond acceptors (Lipinski definition) is 5. The lowest BCUT2D eigenvalue weighted by atomic mass is 10.0. The minimum atomic E-state index is -0.519. The standard InChI is InChI=1S/C25H27N5O3/c1-16(2)15-30-25(32)20-8-6-5-7-19(20)22(28-30)24(31)27-21(23-26-13-14-29(23)3)17-9-11-18(33-4)12-10-17/h5-14,16,21H,15H2,1-4H3,(H,27,31). The van der Waals surface area contributed by atoms with Crippen LogP contribution in [0.4, 0.5) is 0 Å². The number of methoxy groups -OCH3 is 1. The summed E-state index contributed by atoms with van der Waals surface area (Å²) in [7, 11) is 3.48. The van der Waals surface area contributed by atoms with Gasteiger partial charge in [-0.05, 0) is 29.7 Å². The summed E-state index contributed by atoms with van der Waals surface area (Å²) >= 11 is 0. The molecule has 0 aliphatic rings. The maximum Gasteiger partial charge on any atom is 0.274 e. The number of amides is 1. The van der Waals surface area contributed by atoms with E-state index in [-0.39, 0.29) is 23.1 Å². The van der Waals surface area contributed by atoms with Crippen LogP contribution in [0.1, 0.15) is 41.8 Å². The van der Waals surface area contributed by atoms with Crippen LogP contribution in [-0.4, -0.2) is 32.3 Å². The zero-order valence-electron chi connectivity index (χ0n) is 19.1. The molecule has 1 atom stereocenters. The van der Waals surface area contributed by atoms with Crippen LogP contribution in [0.3, 0.4) is 0 Å². The van der Waals surface area contributed by atoms with E-state index in [1.165, 1.54) is 4.68 Å². The molecule has 4 rings (SSSR count). The summed E-state index contributed by atoms with van der Waals surface area (Å²) in [6.45, 7) is 4.43. The maximum absolute atomic E-state index is 13.6. The lowest BCUT2D eigenvalue weighted by Gasteiger charge is -2.20. The molecule has 0 saturated heterocycles. The van der Waals surface area contributed by atoms with E-state index in [2.05, 4.69) is 15.4 Å². The molecule has 1 unspecified atom stereocenters. The lowest BCUT2D eigenvalue weighted by molar-refractivity contribution is 0.0935. The number of benzene rings is 2. The normalized spacial score (nSPS) is 12.2. The molecule has 2 aromatic carbocycles. The highest BCUT2D eigenvalue weighted by Gasteiger charge is 2.24. The van der Waals surface area contributed by atoms with Gasteiger partial charge >= 0.3 is 0 Å². The summed E-state index contributed by atoms with van der Waals surface area (Å²) in [5, 5.41) is 8.54. The van der Waals surface area contributed by atoms with Gasteiger partial charge in [0, 0.05) is 31.4 Å². The van der Waals surface area contributed by atoms with Gasteiger partial charge in [0.25, 0.3) is 11.5 Å². The average molecular weight is 446 g/mol. The zero-order chi connectivity index (χ0) is 23.5. The molecule has 0 spiro atoms. The number of aromatic nitrogens is 4. The number of aryl methyl sites for hydroxylation is 1. The molecule has 2 heterocycles. The van der Waals surface area contributed by atoms with Crippen molar-refractivity contribution < 1.29 is 9.53 Å². The molecule has 1 N–H and O–H groups in total. The number of hydrogen-bond donors (Lipinski definition) is 1. The Morgan fingerprint density at radius 3 is 2.39 bits per heavy atom. The van der Waals surface area contributed by atoms with E-state index in [1.54, 1.807) is 37.6 Å². The second-order valence-corrected chi connectivity index (χ2v) is 8.35. The van der Waals surface area contributed by atoms with Gasteiger partial charge < -0.3 is 14.6 Å². The SMILES string of the molecule is COc1ccc(C(NC(=O)c2nn(CC(C)C)c(=O)c3ccccc23)c2nccn2C)cc1. The van der Waals surface area contributed by atoms with Crippen molar-refractivity contribution in [1.29, 1.82) is 0 Å². The number of imidazole rings is 1. The van der Waals surface area contributed by atoms with Crippen molar-refractivity contribution in [1.82, 2.24) is 24.6 Å². The third-order valence-electron chi connectivity index (χ3n) is 5.46. The first-order valence-electron chi connectivity index (χ1n) is 10.8. The third-order valence-corrected chi connectivity index (χ3v) is 5.46. The number of fused-ring (bicyclic) bond motifs is 1. The van der Waals surface area contributed by atoms with Gasteiger partial charge in [-0.25, -0.2) is 9.67 Å². The van der Waals surface area contributed by atoms with Gasteiger partial charge in [-0.1, -0.05) is 44.2 Å². The van der Waals surface area contributed by atoms with E-state index >= 15 is 0 Å². The predicted molar refractivity (Wildman–Crippen MR) is 126 cm³/mol. The first-order chi connectivity index (χ1) is 15.9. The van der Waals surface area contributed by atoms with Gasteiger partial charge in [-0.15, -0.1) is 0 Å². The monoisotopic (exact) mass is 445 g/mol. The van der Waals surface area contributed by atoms with Gasteiger partial charge in [-0.3, -0.25) is 9.59 Å². The van der Waals surface area contributed by atoms with Crippen molar-refractivity contribution in [2.75, 3.05) is 7.11 Å². The van der Waals surface area contributed by atoms with Crippen molar-refractivity contribution in [2.24, 2.45) is 13.0 Å². The third kappa shape index (κ3) is 4.50. The zero-order valence-corrected chi connectivity index (χ0v) is 19.1. The molecule has 2 aromatic heterocycles. The molecule has 8 heteroatoms. The van der Waals surface area contributed by atoms with Crippen molar-refractivity contribution in [3.8, 4) is 5.75 Å². The molecule has 33 heavy (non-hydrogen) atoms. The second-order valence-electron chi connectivity index (χ2n) is 8.35. The Labute approximate surface area is 191 Å². The van der Waals surface area contributed by atoms with Gasteiger partial charge in [0.15, 0.2) is 5.69 Å².